The Morgan fingerprint density at radius 2 is 0.478 bits per heavy atom. The van der Waals surface area contributed by atoms with Crippen molar-refractivity contribution in [1.82, 2.24) is 0 Å². The largest absolute Gasteiger partial charge is 0.462 e. The van der Waals surface area contributed by atoms with E-state index in [1.807, 2.05) is 0 Å². The van der Waals surface area contributed by atoms with Gasteiger partial charge in [0, 0.05) is 19.3 Å². The molecule has 0 amide bonds. The lowest BCUT2D eigenvalue weighted by Gasteiger charge is -2.18. The molecule has 0 fully saturated rings. The predicted molar refractivity (Wildman–Crippen MR) is 298 cm³/mol. The van der Waals surface area contributed by atoms with E-state index in [1.165, 1.54) is 244 Å². The lowest BCUT2D eigenvalue weighted by atomic mass is 10.0. The molecule has 0 heterocycles. The monoisotopic (exact) mass is 971 g/mol. The Balaban J connectivity index is 4.34. The zero-order chi connectivity index (χ0) is 50.0. The molecule has 0 spiro atoms. The minimum atomic E-state index is -0.772. The first kappa shape index (κ1) is 66.9. The van der Waals surface area contributed by atoms with Crippen LogP contribution in [0.15, 0.2) is 24.3 Å². The van der Waals surface area contributed by atoms with Crippen molar-refractivity contribution in [2.24, 2.45) is 0 Å². The van der Waals surface area contributed by atoms with Crippen LogP contribution in [0.3, 0.4) is 0 Å². The summed E-state index contributed by atoms with van der Waals surface area (Å²) < 4.78 is 16.9. The zero-order valence-electron chi connectivity index (χ0n) is 46.6. The summed E-state index contributed by atoms with van der Waals surface area (Å²) in [5, 5.41) is 0. The van der Waals surface area contributed by atoms with Gasteiger partial charge in [0.1, 0.15) is 13.2 Å². The number of hydrogen-bond donors (Lipinski definition) is 0. The first-order valence-electron chi connectivity index (χ1n) is 30.8. The quantitative estimate of drug-likeness (QED) is 0.0261. The number of ether oxygens (including phenoxy) is 3. The van der Waals surface area contributed by atoms with Gasteiger partial charge in [-0.2, -0.15) is 0 Å². The van der Waals surface area contributed by atoms with Crippen molar-refractivity contribution in [3.05, 3.63) is 24.3 Å². The molecular formula is C63H118O6. The molecule has 0 aromatic rings. The van der Waals surface area contributed by atoms with Crippen molar-refractivity contribution in [2.75, 3.05) is 13.2 Å². The molecule has 69 heavy (non-hydrogen) atoms. The second kappa shape index (κ2) is 58.5. The molecule has 0 aliphatic rings. The van der Waals surface area contributed by atoms with Gasteiger partial charge >= 0.3 is 17.9 Å². The third-order valence-electron chi connectivity index (χ3n) is 13.9. The van der Waals surface area contributed by atoms with E-state index in [4.69, 9.17) is 14.2 Å². The van der Waals surface area contributed by atoms with Gasteiger partial charge in [-0.15, -0.1) is 0 Å². The summed E-state index contributed by atoms with van der Waals surface area (Å²) >= 11 is 0. The molecule has 0 saturated carbocycles. The van der Waals surface area contributed by atoms with Crippen LogP contribution in [0.2, 0.25) is 0 Å². The fourth-order valence-corrected chi connectivity index (χ4v) is 9.26. The van der Waals surface area contributed by atoms with E-state index in [2.05, 4.69) is 45.1 Å². The normalized spacial score (nSPS) is 12.1. The van der Waals surface area contributed by atoms with Crippen molar-refractivity contribution in [2.45, 2.75) is 348 Å². The number of carbonyl (C=O) groups is 3. The van der Waals surface area contributed by atoms with E-state index >= 15 is 0 Å². The van der Waals surface area contributed by atoms with E-state index in [0.717, 1.165) is 57.8 Å². The molecule has 0 unspecified atom stereocenters. The molecule has 6 heteroatoms. The van der Waals surface area contributed by atoms with Crippen LogP contribution in [0.5, 0.6) is 0 Å². The van der Waals surface area contributed by atoms with Crippen LogP contribution in [0, 0.1) is 0 Å². The van der Waals surface area contributed by atoms with Gasteiger partial charge in [-0.1, -0.05) is 276 Å². The van der Waals surface area contributed by atoms with Gasteiger partial charge in [0.25, 0.3) is 0 Å². The van der Waals surface area contributed by atoms with Crippen molar-refractivity contribution >= 4 is 17.9 Å². The molecule has 0 saturated heterocycles. The van der Waals surface area contributed by atoms with Crippen molar-refractivity contribution in [3.8, 4) is 0 Å². The highest BCUT2D eigenvalue weighted by molar-refractivity contribution is 5.71. The average molecular weight is 972 g/mol. The van der Waals surface area contributed by atoms with Gasteiger partial charge in [0.05, 0.1) is 0 Å². The highest BCUT2D eigenvalue weighted by Gasteiger charge is 2.19. The molecule has 0 rings (SSSR count). The fraction of sp³-hybridized carbons (Fsp3) is 0.889. The number of unbranched alkanes of at least 4 members (excludes halogenated alkanes) is 42. The van der Waals surface area contributed by atoms with Crippen LogP contribution in [0.4, 0.5) is 0 Å². The van der Waals surface area contributed by atoms with E-state index < -0.39 is 6.10 Å². The average Bonchev–Trinajstić information content (AvgIpc) is 3.35. The molecule has 0 aromatic heterocycles. The van der Waals surface area contributed by atoms with E-state index in [-0.39, 0.29) is 31.1 Å². The minimum Gasteiger partial charge on any atom is -0.462 e. The fourth-order valence-electron chi connectivity index (χ4n) is 9.26. The third kappa shape index (κ3) is 56.7. The molecular weight excluding hydrogens is 853 g/mol. The molecule has 0 N–H and O–H groups in total. The number of allylic oxidation sites excluding steroid dienone is 4. The maximum atomic E-state index is 12.9. The Bertz CT molecular complexity index is 1110. The summed E-state index contributed by atoms with van der Waals surface area (Å²) in [6, 6.07) is 0. The summed E-state index contributed by atoms with van der Waals surface area (Å²) in [5.74, 6) is -0.854. The van der Waals surface area contributed by atoms with Crippen LogP contribution in [0.25, 0.3) is 0 Å². The van der Waals surface area contributed by atoms with Crippen LogP contribution in [-0.2, 0) is 28.6 Å². The molecule has 1 atom stereocenters. The standard InChI is InChI=1S/C63H118O6/c1-4-7-10-13-16-19-22-25-28-31-34-37-40-43-46-49-52-55-61(64)67-58-60(69-63(66)57-54-51-48-45-42-39-36-33-30-27-24-21-18-15-12-9-6-3)59-68-62(65)56-53-50-47-44-41-38-35-32-29-26-23-20-17-14-11-8-5-2/h25,27-28,30,60H,4-24,26,29,31-59H2,1-3H3/b28-25-,30-27-/t60-/m1/s1. The van der Waals surface area contributed by atoms with Crippen LogP contribution >= 0.6 is 0 Å². The Labute approximate surface area is 430 Å². The maximum Gasteiger partial charge on any atom is 0.306 e. The summed E-state index contributed by atoms with van der Waals surface area (Å²) in [5.41, 5.74) is 0. The van der Waals surface area contributed by atoms with Crippen LogP contribution in [0.1, 0.15) is 342 Å². The van der Waals surface area contributed by atoms with Crippen LogP contribution < -0.4 is 0 Å². The van der Waals surface area contributed by atoms with Crippen molar-refractivity contribution in [1.29, 1.82) is 0 Å². The van der Waals surface area contributed by atoms with Gasteiger partial charge in [-0.25, -0.2) is 0 Å². The van der Waals surface area contributed by atoms with E-state index in [9.17, 15) is 14.4 Å². The number of hydrogen-bond acceptors (Lipinski definition) is 6. The summed E-state index contributed by atoms with van der Waals surface area (Å²) in [6.45, 7) is 6.68. The maximum absolute atomic E-state index is 12.9. The lowest BCUT2D eigenvalue weighted by molar-refractivity contribution is -0.167. The third-order valence-corrected chi connectivity index (χ3v) is 13.9. The number of carbonyl (C=O) groups excluding carboxylic acids is 3. The second-order valence-electron chi connectivity index (χ2n) is 21.0. The Kier molecular flexibility index (Phi) is 56.7. The highest BCUT2D eigenvalue weighted by Crippen LogP contribution is 2.17. The lowest BCUT2D eigenvalue weighted by Crippen LogP contribution is -2.30. The molecule has 6 nitrogen and oxygen atoms in total. The number of esters is 3. The highest BCUT2D eigenvalue weighted by atomic mass is 16.6. The van der Waals surface area contributed by atoms with Gasteiger partial charge in [-0.05, 0) is 70.6 Å². The SMILES string of the molecule is CCCCCCCC/C=C\CCCCCCCCCC(=O)OC[C@H](COC(=O)CCCCCCCCCCCCCCCCCCC)OC(=O)CCCCCCCCC/C=C\CCCCCCCC. The van der Waals surface area contributed by atoms with Gasteiger partial charge in [-0.3, -0.25) is 14.4 Å². The Morgan fingerprint density at radius 1 is 0.275 bits per heavy atom. The first-order chi connectivity index (χ1) is 34.0. The summed E-state index contributed by atoms with van der Waals surface area (Å²) in [7, 11) is 0. The topological polar surface area (TPSA) is 78.9 Å². The van der Waals surface area contributed by atoms with E-state index in [0.29, 0.717) is 19.3 Å². The van der Waals surface area contributed by atoms with Gasteiger partial charge in [0.2, 0.25) is 0 Å². The summed E-state index contributed by atoms with van der Waals surface area (Å²) in [6.07, 6.45) is 68.8. The van der Waals surface area contributed by atoms with Gasteiger partial charge in [0.15, 0.2) is 6.10 Å². The number of rotatable bonds is 57. The molecule has 0 aliphatic carbocycles. The van der Waals surface area contributed by atoms with E-state index in [1.54, 1.807) is 0 Å². The second-order valence-corrected chi connectivity index (χ2v) is 21.0. The van der Waals surface area contributed by atoms with Gasteiger partial charge < -0.3 is 14.2 Å². The van der Waals surface area contributed by atoms with Crippen molar-refractivity contribution < 1.29 is 28.6 Å². The Hall–Kier alpha value is -2.11. The minimum absolute atomic E-state index is 0.0695. The molecule has 0 bridgehead atoms. The molecule has 0 radical (unpaired) electrons. The molecule has 406 valence electrons. The van der Waals surface area contributed by atoms with Crippen LogP contribution in [-0.4, -0.2) is 37.2 Å². The Morgan fingerprint density at radius 3 is 0.725 bits per heavy atom. The predicted octanol–water partition coefficient (Wildman–Crippen LogP) is 20.7. The first-order valence-corrected chi connectivity index (χ1v) is 30.8. The van der Waals surface area contributed by atoms with Crippen molar-refractivity contribution in [3.63, 3.8) is 0 Å². The smallest absolute Gasteiger partial charge is 0.306 e. The summed E-state index contributed by atoms with van der Waals surface area (Å²) in [4.78, 5) is 38.2. The molecule has 0 aliphatic heterocycles. The zero-order valence-corrected chi connectivity index (χ0v) is 46.6. The molecule has 0 aromatic carbocycles.